The molecular formula is C31H51N3O7. The maximum Gasteiger partial charge on any atom is 0.325 e. The molecule has 41 heavy (non-hydrogen) atoms. The van der Waals surface area contributed by atoms with Crippen molar-refractivity contribution < 1.29 is 33.8 Å². The van der Waals surface area contributed by atoms with E-state index in [1.165, 1.54) is 58.6 Å². The van der Waals surface area contributed by atoms with Crippen molar-refractivity contribution >= 4 is 29.5 Å². The Morgan fingerprint density at radius 1 is 1.05 bits per heavy atom. The van der Waals surface area contributed by atoms with Gasteiger partial charge in [-0.05, 0) is 31.8 Å². The van der Waals surface area contributed by atoms with Crippen LogP contribution < -0.4 is 10.6 Å². The Labute approximate surface area is 245 Å². The molecule has 0 fully saturated rings. The minimum absolute atomic E-state index is 0.0797. The van der Waals surface area contributed by atoms with Gasteiger partial charge >= 0.3 is 5.97 Å². The zero-order valence-electron chi connectivity index (χ0n) is 25.6. The molecule has 3 amide bonds. The van der Waals surface area contributed by atoms with Crippen LogP contribution >= 0.6 is 0 Å². The van der Waals surface area contributed by atoms with Gasteiger partial charge in [0.25, 0.3) is 5.91 Å². The average Bonchev–Trinajstić information content (AvgIpc) is 2.93. The van der Waals surface area contributed by atoms with Crippen LogP contribution in [-0.4, -0.2) is 71.3 Å². The van der Waals surface area contributed by atoms with E-state index < -0.39 is 53.6 Å². The number of aliphatic hydroxyl groups is 1. The van der Waals surface area contributed by atoms with E-state index in [0.29, 0.717) is 12.8 Å². The summed E-state index contributed by atoms with van der Waals surface area (Å²) in [5.41, 5.74) is -2.37. The van der Waals surface area contributed by atoms with E-state index in [1.807, 2.05) is 0 Å². The van der Waals surface area contributed by atoms with E-state index in [4.69, 9.17) is 4.74 Å². The molecule has 1 aliphatic rings. The van der Waals surface area contributed by atoms with Crippen LogP contribution in [0.3, 0.4) is 0 Å². The van der Waals surface area contributed by atoms with Gasteiger partial charge in [-0.2, -0.15) is 0 Å². The van der Waals surface area contributed by atoms with Crippen molar-refractivity contribution in [3.63, 3.8) is 0 Å². The Morgan fingerprint density at radius 2 is 1.63 bits per heavy atom. The zero-order chi connectivity index (χ0) is 31.0. The van der Waals surface area contributed by atoms with Gasteiger partial charge in [0.05, 0.1) is 12.5 Å². The van der Waals surface area contributed by atoms with Crippen LogP contribution in [-0.2, 0) is 28.7 Å². The Kier molecular flexibility index (Phi) is 16.2. The summed E-state index contributed by atoms with van der Waals surface area (Å²) < 4.78 is 5.64. The molecule has 0 saturated carbocycles. The van der Waals surface area contributed by atoms with Gasteiger partial charge in [-0.1, -0.05) is 85.1 Å². The van der Waals surface area contributed by atoms with Crippen molar-refractivity contribution in [2.45, 2.75) is 110 Å². The molecule has 0 radical (unpaired) electrons. The number of allylic oxidation sites excluding steroid dienone is 1. The molecular weight excluding hydrogens is 526 g/mol. The fraction of sp³-hybridized carbons (Fsp3) is 0.710. The Morgan fingerprint density at radius 3 is 2.24 bits per heavy atom. The van der Waals surface area contributed by atoms with Crippen molar-refractivity contribution in [3.05, 3.63) is 24.4 Å². The van der Waals surface area contributed by atoms with Gasteiger partial charge in [0.2, 0.25) is 11.8 Å². The van der Waals surface area contributed by atoms with Crippen LogP contribution in [0.15, 0.2) is 24.4 Å². The fourth-order valence-corrected chi connectivity index (χ4v) is 4.61. The first-order valence-electron chi connectivity index (χ1n) is 15.0. The van der Waals surface area contributed by atoms with E-state index in [0.717, 1.165) is 43.1 Å². The second kappa shape index (κ2) is 18.4. The number of carbonyl (C=O) groups is 5. The van der Waals surface area contributed by atoms with E-state index in [9.17, 15) is 29.1 Å². The Balaban J connectivity index is 2.84. The molecule has 0 aromatic rings. The quantitative estimate of drug-likeness (QED) is 0.183. The van der Waals surface area contributed by atoms with Crippen molar-refractivity contribution in [3.8, 4) is 0 Å². The van der Waals surface area contributed by atoms with Gasteiger partial charge < -0.3 is 25.4 Å². The third-order valence-corrected chi connectivity index (χ3v) is 7.69. The molecule has 1 rings (SSSR count). The summed E-state index contributed by atoms with van der Waals surface area (Å²) in [6, 6.07) is 0. The van der Waals surface area contributed by atoms with E-state index in [-0.39, 0.29) is 12.2 Å². The molecule has 10 nitrogen and oxygen atoms in total. The molecule has 10 heteroatoms. The lowest BCUT2D eigenvalue weighted by molar-refractivity contribution is -0.162. The summed E-state index contributed by atoms with van der Waals surface area (Å²) in [5, 5.41) is 15.4. The van der Waals surface area contributed by atoms with Gasteiger partial charge in [-0.3, -0.25) is 24.0 Å². The summed E-state index contributed by atoms with van der Waals surface area (Å²) in [6.45, 7) is 9.81. The maximum atomic E-state index is 13.2. The first kappa shape index (κ1) is 36.0. The van der Waals surface area contributed by atoms with Crippen LogP contribution in [0.2, 0.25) is 0 Å². The lowest BCUT2D eigenvalue weighted by Gasteiger charge is -2.29. The maximum absolute atomic E-state index is 13.2. The molecule has 0 aromatic carbocycles. The minimum Gasteiger partial charge on any atom is -0.460 e. The summed E-state index contributed by atoms with van der Waals surface area (Å²) in [4.78, 5) is 64.3. The first-order valence-corrected chi connectivity index (χ1v) is 15.0. The third-order valence-electron chi connectivity index (χ3n) is 7.69. The number of ether oxygens (including phenoxy) is 1. The number of nitrogens with zero attached hydrogens (tertiary/aromatic N) is 1. The lowest BCUT2D eigenvalue weighted by Crippen LogP contribution is -2.55. The Hall–Kier alpha value is -3.01. The second-order valence-corrected chi connectivity index (χ2v) is 11.5. The van der Waals surface area contributed by atoms with Crippen molar-refractivity contribution in [1.82, 2.24) is 15.5 Å². The molecule has 232 valence electrons. The number of esters is 1. The topological polar surface area (TPSA) is 142 Å². The van der Waals surface area contributed by atoms with Gasteiger partial charge in [0.1, 0.15) is 12.6 Å². The second-order valence-electron chi connectivity index (χ2n) is 11.5. The first-order chi connectivity index (χ1) is 19.3. The van der Waals surface area contributed by atoms with Crippen LogP contribution in [0.4, 0.5) is 0 Å². The summed E-state index contributed by atoms with van der Waals surface area (Å²) >= 11 is 0. The smallest absolute Gasteiger partial charge is 0.325 e. The number of rotatable bonds is 12. The SMILES string of the molecule is C=C1/C=C\C(=O)N(C)CC(=O)O[C@@H](CCCCCCCCCC[C@H](C)CC)[C@H](C)C(=O)[C@](C)(O)C(=O)NCC(=O)N1. The number of unbranched alkanes of at least 4 members (excludes halogenated alkanes) is 7. The van der Waals surface area contributed by atoms with Crippen molar-refractivity contribution in [1.29, 1.82) is 0 Å². The number of carbonyl (C=O) groups excluding carboxylic acids is 5. The highest BCUT2D eigenvalue weighted by molar-refractivity contribution is 6.10. The minimum atomic E-state index is -2.45. The number of hydrogen-bond donors (Lipinski definition) is 3. The lowest BCUT2D eigenvalue weighted by atomic mass is 9.85. The molecule has 0 aliphatic carbocycles. The normalized spacial score (nSPS) is 25.3. The monoisotopic (exact) mass is 577 g/mol. The highest BCUT2D eigenvalue weighted by atomic mass is 16.5. The standard InChI is InChI=1S/C31H51N3O7/c1-7-22(2)16-14-12-10-8-9-11-13-15-17-25-24(4)29(38)31(5,40)30(39)32-20-26(35)33-23(3)18-19-27(36)34(6)21-28(37)41-25/h18-19,22,24-25,40H,3,7-17,20-21H2,1-2,4-6H3,(H,32,39)(H,33,35)/b19-18-/t22-,24+,25+,31+/m1/s1. The summed E-state index contributed by atoms with van der Waals surface area (Å²) in [5.74, 6) is -3.97. The summed E-state index contributed by atoms with van der Waals surface area (Å²) in [7, 11) is 1.42. The number of amides is 3. The molecule has 1 heterocycles. The zero-order valence-corrected chi connectivity index (χ0v) is 25.6. The van der Waals surface area contributed by atoms with Gasteiger partial charge in [-0.15, -0.1) is 0 Å². The van der Waals surface area contributed by atoms with Crippen molar-refractivity contribution in [2.75, 3.05) is 20.1 Å². The van der Waals surface area contributed by atoms with E-state index >= 15 is 0 Å². The number of Topliss-reactive ketones (excluding diaryl/α,β-unsaturated/α-hetero) is 1. The molecule has 0 bridgehead atoms. The van der Waals surface area contributed by atoms with Crippen LogP contribution in [0.5, 0.6) is 0 Å². The number of nitrogens with one attached hydrogen (secondary N) is 2. The predicted molar refractivity (Wildman–Crippen MR) is 157 cm³/mol. The van der Waals surface area contributed by atoms with Gasteiger partial charge in [0, 0.05) is 18.8 Å². The van der Waals surface area contributed by atoms with E-state index in [2.05, 4.69) is 31.1 Å². The molecule has 0 spiro atoms. The predicted octanol–water partition coefficient (Wildman–Crippen LogP) is 3.58. The van der Waals surface area contributed by atoms with Crippen LogP contribution in [0, 0.1) is 11.8 Å². The van der Waals surface area contributed by atoms with E-state index in [1.54, 1.807) is 0 Å². The molecule has 1 aliphatic heterocycles. The highest BCUT2D eigenvalue weighted by Crippen LogP contribution is 2.23. The van der Waals surface area contributed by atoms with Gasteiger partial charge in [0.15, 0.2) is 11.4 Å². The fourth-order valence-electron chi connectivity index (χ4n) is 4.61. The highest BCUT2D eigenvalue weighted by Gasteiger charge is 2.44. The molecule has 0 aromatic heterocycles. The molecule has 0 saturated heterocycles. The van der Waals surface area contributed by atoms with Gasteiger partial charge in [-0.25, -0.2) is 0 Å². The number of hydrogen-bond acceptors (Lipinski definition) is 7. The van der Waals surface area contributed by atoms with Crippen LogP contribution in [0.1, 0.15) is 98.3 Å². The molecule has 0 unspecified atom stereocenters. The number of ketones is 1. The Bertz CT molecular complexity index is 944. The molecule has 3 N–H and O–H groups in total. The number of cyclic esters (lactones) is 1. The average molecular weight is 578 g/mol. The molecule has 4 atom stereocenters. The third kappa shape index (κ3) is 13.5. The largest absolute Gasteiger partial charge is 0.460 e. The number of likely N-dealkylation sites (N-methyl/N-ethyl adjacent to an activating group) is 1. The summed E-state index contributed by atoms with van der Waals surface area (Å²) in [6.07, 6.45) is 13.0. The van der Waals surface area contributed by atoms with Crippen LogP contribution in [0.25, 0.3) is 0 Å². The van der Waals surface area contributed by atoms with Crippen molar-refractivity contribution in [2.24, 2.45) is 11.8 Å².